The lowest BCUT2D eigenvalue weighted by Crippen LogP contribution is -2.36. The maximum atomic E-state index is 12.3. The fraction of sp³-hybridized carbons (Fsp3) is 0.526. The Balaban J connectivity index is 1.58. The van der Waals surface area contributed by atoms with Crippen molar-refractivity contribution >= 4 is 21.9 Å². The largest absolute Gasteiger partial charge is 0.444 e. The number of rotatable bonds is 3. The number of carbonyl (C=O) groups excluding carboxylic acids is 1. The first-order chi connectivity index (χ1) is 13.9. The summed E-state index contributed by atoms with van der Waals surface area (Å²) in [5.74, 6) is 0.627. The van der Waals surface area contributed by atoms with Gasteiger partial charge in [0.2, 0.25) is 20.9 Å². The molecule has 2 N–H and O–H groups in total. The minimum absolute atomic E-state index is 0.0700. The first-order valence-electron chi connectivity index (χ1n) is 9.57. The van der Waals surface area contributed by atoms with Crippen LogP contribution in [-0.4, -0.2) is 64.3 Å². The number of hydrogen-bond acceptors (Lipinski definition) is 9. The van der Waals surface area contributed by atoms with Crippen molar-refractivity contribution in [3.05, 3.63) is 24.2 Å². The lowest BCUT2D eigenvalue weighted by atomic mass is 10.1. The van der Waals surface area contributed by atoms with Crippen LogP contribution in [0, 0.1) is 11.8 Å². The monoisotopic (exact) mass is 432 g/mol. The van der Waals surface area contributed by atoms with Crippen LogP contribution in [0.15, 0.2) is 23.6 Å². The van der Waals surface area contributed by atoms with E-state index in [-0.39, 0.29) is 35.0 Å². The third-order valence-corrected chi connectivity index (χ3v) is 6.06. The summed E-state index contributed by atoms with van der Waals surface area (Å²) in [6.45, 7) is 6.62. The number of nitrogens with zero attached hydrogens (tertiary/aromatic N) is 5. The van der Waals surface area contributed by atoms with Crippen molar-refractivity contribution in [1.29, 1.82) is 0 Å². The second-order valence-electron chi connectivity index (χ2n) is 8.80. The number of likely N-dealkylation sites (tertiary alicyclic amines) is 1. The molecule has 30 heavy (non-hydrogen) atoms. The van der Waals surface area contributed by atoms with Crippen LogP contribution >= 0.6 is 0 Å². The van der Waals surface area contributed by atoms with E-state index in [1.807, 2.05) is 20.8 Å². The van der Waals surface area contributed by atoms with E-state index >= 15 is 0 Å². The van der Waals surface area contributed by atoms with Gasteiger partial charge in [0.25, 0.3) is 0 Å². The van der Waals surface area contributed by atoms with Crippen molar-refractivity contribution < 1.29 is 17.9 Å². The van der Waals surface area contributed by atoms with Gasteiger partial charge in [-0.05, 0) is 38.7 Å². The van der Waals surface area contributed by atoms with Gasteiger partial charge in [-0.25, -0.2) is 33.1 Å². The Bertz CT molecular complexity index is 1080. The highest BCUT2D eigenvalue weighted by Gasteiger charge is 2.58. The van der Waals surface area contributed by atoms with Crippen molar-refractivity contribution in [2.45, 2.75) is 37.4 Å². The molecule has 1 aliphatic heterocycles. The van der Waals surface area contributed by atoms with Crippen LogP contribution < -0.4 is 5.73 Å². The van der Waals surface area contributed by atoms with Gasteiger partial charge in [-0.1, -0.05) is 0 Å². The number of carbonyl (C=O) groups is 1. The zero-order chi connectivity index (χ0) is 21.8. The normalized spacial score (nSPS) is 23.2. The van der Waals surface area contributed by atoms with Crippen LogP contribution in [0.3, 0.4) is 0 Å². The van der Waals surface area contributed by atoms with Gasteiger partial charge in [0.15, 0.2) is 0 Å². The number of fused-ring (bicyclic) bond motifs is 1. The summed E-state index contributed by atoms with van der Waals surface area (Å²) in [6.07, 6.45) is 3.75. The number of nitrogen functional groups attached to an aromatic ring is 1. The molecule has 0 radical (unpaired) electrons. The molecule has 3 atom stereocenters. The predicted molar refractivity (Wildman–Crippen MR) is 108 cm³/mol. The van der Waals surface area contributed by atoms with Crippen molar-refractivity contribution in [1.82, 2.24) is 24.8 Å². The quantitative estimate of drug-likeness (QED) is 0.714. The molecule has 1 saturated carbocycles. The van der Waals surface area contributed by atoms with Crippen LogP contribution in [0.4, 0.5) is 10.7 Å². The second kappa shape index (κ2) is 6.86. The highest BCUT2D eigenvalue weighted by Crippen LogP contribution is 2.58. The molecular weight excluding hydrogens is 408 g/mol. The fourth-order valence-electron chi connectivity index (χ4n) is 3.84. The van der Waals surface area contributed by atoms with E-state index in [0.29, 0.717) is 30.0 Å². The third kappa shape index (κ3) is 4.07. The standard InChI is InChI=1S/C19H24N6O4S/c1-19(2,3)29-18(26)25-8-11-12(9-25)15(11)14-5-13(10-6-21-16(20)22-7-10)23-17(24-14)30(4,27)28/h5-7,11-12,15H,8-9H2,1-4H3,(H2,20,21,22)/t11-,12+,15?. The van der Waals surface area contributed by atoms with Gasteiger partial charge < -0.3 is 15.4 Å². The Kier molecular flexibility index (Phi) is 4.68. The van der Waals surface area contributed by atoms with Gasteiger partial charge in [0.1, 0.15) is 5.60 Å². The van der Waals surface area contributed by atoms with E-state index in [9.17, 15) is 13.2 Å². The summed E-state index contributed by atoms with van der Waals surface area (Å²) in [4.78, 5) is 30.4. The van der Waals surface area contributed by atoms with E-state index in [0.717, 1.165) is 6.26 Å². The minimum Gasteiger partial charge on any atom is -0.444 e. The highest BCUT2D eigenvalue weighted by molar-refractivity contribution is 7.90. The molecule has 0 aromatic carbocycles. The molecule has 0 bridgehead atoms. The topological polar surface area (TPSA) is 141 Å². The lowest BCUT2D eigenvalue weighted by Gasteiger charge is -2.25. The first kappa shape index (κ1) is 20.5. The minimum atomic E-state index is -3.61. The number of aromatic nitrogens is 4. The molecule has 3 heterocycles. The Labute approximate surface area is 174 Å². The van der Waals surface area contributed by atoms with E-state index in [1.165, 1.54) is 12.4 Å². The van der Waals surface area contributed by atoms with Gasteiger partial charge in [-0.3, -0.25) is 0 Å². The predicted octanol–water partition coefficient (Wildman–Crippen LogP) is 1.50. The number of amides is 1. The van der Waals surface area contributed by atoms with Crippen LogP contribution in [-0.2, 0) is 14.6 Å². The molecule has 2 aromatic heterocycles. The summed E-state index contributed by atoms with van der Waals surface area (Å²) in [7, 11) is -3.61. The molecule has 1 aliphatic carbocycles. The van der Waals surface area contributed by atoms with E-state index in [4.69, 9.17) is 10.5 Å². The molecule has 2 aliphatic rings. The lowest BCUT2D eigenvalue weighted by molar-refractivity contribution is 0.0270. The van der Waals surface area contributed by atoms with Gasteiger partial charge in [-0.2, -0.15) is 0 Å². The van der Waals surface area contributed by atoms with Gasteiger partial charge in [-0.15, -0.1) is 0 Å². The number of sulfone groups is 1. The summed E-state index contributed by atoms with van der Waals surface area (Å²) in [6, 6.07) is 1.77. The average Bonchev–Trinajstić information content (AvgIpc) is 3.13. The Morgan fingerprint density at radius 1 is 1.17 bits per heavy atom. The first-order valence-corrected chi connectivity index (χ1v) is 11.5. The molecule has 1 amide bonds. The Morgan fingerprint density at radius 2 is 1.77 bits per heavy atom. The SMILES string of the molecule is CC(C)(C)OC(=O)N1C[C@@H]2C(c3cc(-c4cnc(N)nc4)nc(S(C)(=O)=O)n3)[C@@H]2C1. The fourth-order valence-corrected chi connectivity index (χ4v) is 4.37. The smallest absolute Gasteiger partial charge is 0.410 e. The molecule has 4 rings (SSSR count). The number of nitrogens with two attached hydrogens (primary N) is 1. The molecule has 0 spiro atoms. The van der Waals surface area contributed by atoms with Crippen molar-refractivity contribution in [3.8, 4) is 11.3 Å². The summed E-state index contributed by atoms with van der Waals surface area (Å²) in [5.41, 5.74) is 6.62. The molecule has 1 saturated heterocycles. The Hall–Kier alpha value is -2.82. The maximum Gasteiger partial charge on any atom is 0.410 e. The summed E-state index contributed by atoms with van der Waals surface area (Å²) in [5, 5.41) is -0.235. The van der Waals surface area contributed by atoms with E-state index in [1.54, 1.807) is 11.0 Å². The molecule has 2 aromatic rings. The number of piperidine rings is 1. The second-order valence-corrected chi connectivity index (χ2v) is 10.7. The Morgan fingerprint density at radius 3 is 2.30 bits per heavy atom. The van der Waals surface area contributed by atoms with Gasteiger partial charge >= 0.3 is 6.09 Å². The molecule has 2 fully saturated rings. The van der Waals surface area contributed by atoms with Crippen LogP contribution in [0.5, 0.6) is 0 Å². The molecular formula is C19H24N6O4S. The number of ether oxygens (including phenoxy) is 1. The summed E-state index contributed by atoms with van der Waals surface area (Å²) >= 11 is 0. The van der Waals surface area contributed by atoms with Gasteiger partial charge in [0, 0.05) is 48.9 Å². The van der Waals surface area contributed by atoms with Crippen LogP contribution in [0.25, 0.3) is 11.3 Å². The van der Waals surface area contributed by atoms with Crippen LogP contribution in [0.2, 0.25) is 0 Å². The van der Waals surface area contributed by atoms with Crippen molar-refractivity contribution in [2.24, 2.45) is 11.8 Å². The van der Waals surface area contributed by atoms with Crippen LogP contribution in [0.1, 0.15) is 32.4 Å². The molecule has 160 valence electrons. The summed E-state index contributed by atoms with van der Waals surface area (Å²) < 4.78 is 29.7. The van der Waals surface area contributed by atoms with E-state index < -0.39 is 15.4 Å². The van der Waals surface area contributed by atoms with Gasteiger partial charge in [0.05, 0.1) is 5.69 Å². The molecule has 1 unspecified atom stereocenters. The molecule has 11 heteroatoms. The third-order valence-electron chi connectivity index (χ3n) is 5.21. The number of anilines is 1. The highest BCUT2D eigenvalue weighted by atomic mass is 32.2. The average molecular weight is 433 g/mol. The zero-order valence-electron chi connectivity index (χ0n) is 17.2. The molecule has 10 nitrogen and oxygen atoms in total. The maximum absolute atomic E-state index is 12.3. The van der Waals surface area contributed by atoms with E-state index in [2.05, 4.69) is 19.9 Å². The number of hydrogen-bond donors (Lipinski definition) is 1. The zero-order valence-corrected chi connectivity index (χ0v) is 18.0. The van der Waals surface area contributed by atoms with Crippen molar-refractivity contribution in [2.75, 3.05) is 25.1 Å². The van der Waals surface area contributed by atoms with Crippen molar-refractivity contribution in [3.63, 3.8) is 0 Å².